The van der Waals surface area contributed by atoms with E-state index in [9.17, 15) is 18.0 Å². The summed E-state index contributed by atoms with van der Waals surface area (Å²) < 4.78 is 26.7. The van der Waals surface area contributed by atoms with Crippen LogP contribution in [0.1, 0.15) is 12.8 Å². The molecule has 3 heterocycles. The van der Waals surface area contributed by atoms with Crippen LogP contribution in [0, 0.1) is 0 Å². The fraction of sp³-hybridized carbons (Fsp3) is 0.615. The van der Waals surface area contributed by atoms with Crippen LogP contribution in [0.5, 0.6) is 0 Å². The lowest BCUT2D eigenvalue weighted by Crippen LogP contribution is -2.49. The minimum atomic E-state index is -3.51. The largest absolute Gasteiger partial charge is 0.336 e. The summed E-state index contributed by atoms with van der Waals surface area (Å²) in [5, 5.41) is 2.08. The SMILES string of the molecule is Cn1ccnc1S(=O)(=O)C1CCN(C(=O)N2CCNC2=O)CC1. The van der Waals surface area contributed by atoms with Gasteiger partial charge in [0, 0.05) is 45.6 Å². The molecule has 2 aliphatic heterocycles. The molecule has 126 valence electrons. The lowest BCUT2D eigenvalue weighted by Gasteiger charge is -2.33. The third-order valence-electron chi connectivity index (χ3n) is 4.27. The molecule has 9 nitrogen and oxygen atoms in total. The Morgan fingerprint density at radius 1 is 1.30 bits per heavy atom. The van der Waals surface area contributed by atoms with Crippen molar-refractivity contribution in [3.63, 3.8) is 0 Å². The summed E-state index contributed by atoms with van der Waals surface area (Å²) >= 11 is 0. The number of aryl methyl sites for hydroxylation is 1. The first-order chi connectivity index (χ1) is 10.9. The highest BCUT2D eigenvalue weighted by Crippen LogP contribution is 2.24. The van der Waals surface area contributed by atoms with Gasteiger partial charge in [-0.15, -0.1) is 0 Å². The lowest BCUT2D eigenvalue weighted by atomic mass is 10.1. The van der Waals surface area contributed by atoms with E-state index < -0.39 is 21.1 Å². The molecular formula is C13H19N5O4S. The Kier molecular flexibility index (Phi) is 4.00. The standard InChI is InChI=1S/C13H19N5O4S/c1-16-8-4-15-12(16)23(21,22)10-2-6-17(7-3-10)13(20)18-9-5-14-11(18)19/h4,8,10H,2-3,5-7,9H2,1H3,(H,14,19). The zero-order valence-corrected chi connectivity index (χ0v) is 13.6. The van der Waals surface area contributed by atoms with Crippen LogP contribution >= 0.6 is 0 Å². The van der Waals surface area contributed by atoms with Gasteiger partial charge in [-0.25, -0.2) is 27.9 Å². The molecular weight excluding hydrogens is 322 g/mol. The predicted octanol–water partition coefficient (Wildman–Crippen LogP) is -0.197. The summed E-state index contributed by atoms with van der Waals surface area (Å²) in [6.45, 7) is 1.44. The molecule has 0 saturated carbocycles. The Morgan fingerprint density at radius 2 is 2.00 bits per heavy atom. The molecule has 10 heteroatoms. The molecule has 2 aliphatic rings. The summed E-state index contributed by atoms with van der Waals surface area (Å²) in [7, 11) is -1.86. The Morgan fingerprint density at radius 3 is 2.52 bits per heavy atom. The van der Waals surface area contributed by atoms with Crippen LogP contribution < -0.4 is 5.32 Å². The number of hydrogen-bond acceptors (Lipinski definition) is 5. The number of aromatic nitrogens is 2. The minimum absolute atomic E-state index is 0.0567. The second-order valence-corrected chi connectivity index (χ2v) is 7.84. The van der Waals surface area contributed by atoms with Crippen LogP contribution in [0.3, 0.4) is 0 Å². The molecule has 4 amide bonds. The van der Waals surface area contributed by atoms with Gasteiger partial charge in [0.2, 0.25) is 15.0 Å². The number of nitrogens with zero attached hydrogens (tertiary/aromatic N) is 4. The molecule has 23 heavy (non-hydrogen) atoms. The summed E-state index contributed by atoms with van der Waals surface area (Å²) in [5.74, 6) is 0. The highest BCUT2D eigenvalue weighted by atomic mass is 32.2. The lowest BCUT2D eigenvalue weighted by molar-refractivity contribution is 0.155. The van der Waals surface area contributed by atoms with Gasteiger partial charge in [0.15, 0.2) is 0 Å². The smallest absolute Gasteiger partial charge is 0.328 e. The molecule has 2 fully saturated rings. The number of amides is 4. The van der Waals surface area contributed by atoms with Crippen molar-refractivity contribution in [2.45, 2.75) is 23.2 Å². The summed E-state index contributed by atoms with van der Waals surface area (Å²) in [5.41, 5.74) is 0. The Bertz CT molecular complexity index is 720. The van der Waals surface area contributed by atoms with E-state index in [1.165, 1.54) is 15.7 Å². The number of likely N-dealkylation sites (tertiary alicyclic amines) is 1. The molecule has 0 radical (unpaired) electrons. The van der Waals surface area contributed by atoms with Gasteiger partial charge in [-0.05, 0) is 12.8 Å². The van der Waals surface area contributed by atoms with Crippen LogP contribution in [0.4, 0.5) is 9.59 Å². The number of imide groups is 1. The van der Waals surface area contributed by atoms with Crippen molar-refractivity contribution < 1.29 is 18.0 Å². The monoisotopic (exact) mass is 341 g/mol. The first-order valence-corrected chi connectivity index (χ1v) is 9.01. The van der Waals surface area contributed by atoms with Crippen molar-refractivity contribution in [3.8, 4) is 0 Å². The number of carbonyl (C=O) groups excluding carboxylic acids is 2. The number of imidazole rings is 1. The van der Waals surface area contributed by atoms with Crippen LogP contribution in [0.2, 0.25) is 0 Å². The molecule has 0 atom stereocenters. The van der Waals surface area contributed by atoms with E-state index in [0.29, 0.717) is 39.0 Å². The summed E-state index contributed by atoms with van der Waals surface area (Å²) in [4.78, 5) is 30.4. The molecule has 0 bridgehead atoms. The van der Waals surface area contributed by atoms with E-state index in [2.05, 4.69) is 10.3 Å². The number of piperidine rings is 1. The maximum absolute atomic E-state index is 12.6. The maximum Gasteiger partial charge on any atom is 0.328 e. The number of nitrogens with one attached hydrogen (secondary N) is 1. The summed E-state index contributed by atoms with van der Waals surface area (Å²) in [6.07, 6.45) is 3.74. The topological polar surface area (TPSA) is 105 Å². The van der Waals surface area contributed by atoms with Gasteiger partial charge >= 0.3 is 12.1 Å². The molecule has 3 rings (SSSR count). The molecule has 2 saturated heterocycles. The van der Waals surface area contributed by atoms with Gasteiger partial charge in [0.25, 0.3) is 0 Å². The second kappa shape index (κ2) is 5.84. The van der Waals surface area contributed by atoms with Crippen LogP contribution in [-0.4, -0.2) is 71.3 Å². The fourth-order valence-corrected chi connectivity index (χ4v) is 4.76. The van der Waals surface area contributed by atoms with Crippen molar-refractivity contribution in [1.29, 1.82) is 0 Å². The molecule has 0 unspecified atom stereocenters. The van der Waals surface area contributed by atoms with Crippen LogP contribution in [0.25, 0.3) is 0 Å². The van der Waals surface area contributed by atoms with Crippen LogP contribution in [-0.2, 0) is 16.9 Å². The van der Waals surface area contributed by atoms with E-state index in [-0.39, 0.29) is 11.2 Å². The molecule has 1 aromatic rings. The number of rotatable bonds is 2. The number of hydrogen-bond donors (Lipinski definition) is 1. The van der Waals surface area contributed by atoms with Crippen molar-refractivity contribution in [2.75, 3.05) is 26.2 Å². The molecule has 1 N–H and O–H groups in total. The van der Waals surface area contributed by atoms with E-state index in [4.69, 9.17) is 0 Å². The van der Waals surface area contributed by atoms with Crippen molar-refractivity contribution in [1.82, 2.24) is 24.7 Å². The minimum Gasteiger partial charge on any atom is -0.336 e. The zero-order chi connectivity index (χ0) is 16.6. The highest BCUT2D eigenvalue weighted by Gasteiger charge is 2.37. The number of sulfone groups is 1. The molecule has 0 spiro atoms. The first kappa shape index (κ1) is 15.8. The Balaban J connectivity index is 1.66. The third kappa shape index (κ3) is 2.78. The molecule has 0 aromatic carbocycles. The predicted molar refractivity (Wildman–Crippen MR) is 80.5 cm³/mol. The van der Waals surface area contributed by atoms with Crippen molar-refractivity contribution in [3.05, 3.63) is 12.4 Å². The van der Waals surface area contributed by atoms with Crippen molar-refractivity contribution >= 4 is 21.9 Å². The van der Waals surface area contributed by atoms with E-state index in [1.807, 2.05) is 0 Å². The average molecular weight is 341 g/mol. The quantitative estimate of drug-likeness (QED) is 0.802. The second-order valence-electron chi connectivity index (χ2n) is 5.72. The van der Waals surface area contributed by atoms with Gasteiger partial charge in [-0.2, -0.15) is 0 Å². The summed E-state index contributed by atoms with van der Waals surface area (Å²) in [6, 6.07) is -0.745. The third-order valence-corrected chi connectivity index (χ3v) is 6.52. The van der Waals surface area contributed by atoms with Gasteiger partial charge in [-0.3, -0.25) is 0 Å². The number of carbonyl (C=O) groups is 2. The highest BCUT2D eigenvalue weighted by molar-refractivity contribution is 7.91. The van der Waals surface area contributed by atoms with Gasteiger partial charge in [0.05, 0.1) is 5.25 Å². The Labute approximate surface area is 134 Å². The van der Waals surface area contributed by atoms with Crippen molar-refractivity contribution in [2.24, 2.45) is 7.05 Å². The van der Waals surface area contributed by atoms with Gasteiger partial charge < -0.3 is 14.8 Å². The first-order valence-electron chi connectivity index (χ1n) is 7.47. The normalized spacial score (nSPS) is 20.0. The van der Waals surface area contributed by atoms with E-state index >= 15 is 0 Å². The Hall–Kier alpha value is -2.10. The van der Waals surface area contributed by atoms with E-state index in [1.54, 1.807) is 13.2 Å². The maximum atomic E-state index is 12.6. The van der Waals surface area contributed by atoms with E-state index in [0.717, 1.165) is 4.90 Å². The van der Waals surface area contributed by atoms with Gasteiger partial charge in [-0.1, -0.05) is 0 Å². The number of urea groups is 2. The molecule has 0 aliphatic carbocycles. The fourth-order valence-electron chi connectivity index (χ4n) is 2.96. The average Bonchev–Trinajstić information content (AvgIpc) is 3.15. The van der Waals surface area contributed by atoms with Crippen LogP contribution in [0.15, 0.2) is 17.6 Å². The van der Waals surface area contributed by atoms with Gasteiger partial charge in [0.1, 0.15) is 0 Å². The molecule has 1 aromatic heterocycles. The zero-order valence-electron chi connectivity index (χ0n) is 12.8.